The number of nitrogens with one attached hydrogen (secondary N) is 3. The van der Waals surface area contributed by atoms with Crippen LogP contribution in [0.5, 0.6) is 0 Å². The quantitative estimate of drug-likeness (QED) is 0.527. The van der Waals surface area contributed by atoms with E-state index in [1.165, 1.54) is 17.7 Å². The Morgan fingerprint density at radius 3 is 2.47 bits per heavy atom. The number of carbonyl (C=O) groups excluding carboxylic acids is 3. The average molecular weight is 517 g/mol. The van der Waals surface area contributed by atoms with Crippen LogP contribution < -0.4 is 16.0 Å². The second-order valence-corrected chi connectivity index (χ2v) is 9.66. The van der Waals surface area contributed by atoms with Gasteiger partial charge in [0.15, 0.2) is 0 Å². The van der Waals surface area contributed by atoms with Gasteiger partial charge in [-0.1, -0.05) is 17.7 Å². The Bertz CT molecular complexity index is 1060. The number of carbonyl (C=O) groups is 3. The third-order valence-corrected chi connectivity index (χ3v) is 6.62. The third-order valence-electron chi connectivity index (χ3n) is 5.39. The molecule has 3 amide bonds. The molecule has 0 saturated heterocycles. The fourth-order valence-corrected chi connectivity index (χ4v) is 4.46. The van der Waals surface area contributed by atoms with Crippen molar-refractivity contribution in [2.24, 2.45) is 0 Å². The zero-order chi connectivity index (χ0) is 24.9. The summed E-state index contributed by atoms with van der Waals surface area (Å²) in [7, 11) is 2.04. The van der Waals surface area contributed by atoms with Crippen molar-refractivity contribution in [3.05, 3.63) is 50.7 Å². The molecule has 0 aliphatic carbocycles. The molecule has 2 aromatic rings. The molecule has 2 heterocycles. The third kappa shape index (κ3) is 7.18. The lowest BCUT2D eigenvalue weighted by Crippen LogP contribution is -2.46. The lowest BCUT2D eigenvalue weighted by molar-refractivity contribution is -0.173. The van der Waals surface area contributed by atoms with Gasteiger partial charge >= 0.3 is 12.1 Å². The van der Waals surface area contributed by atoms with Gasteiger partial charge in [-0.2, -0.15) is 13.2 Å². The summed E-state index contributed by atoms with van der Waals surface area (Å²) in [5, 5.41) is 6.97. The second-order valence-electron chi connectivity index (χ2n) is 7.95. The molecule has 0 spiro atoms. The van der Waals surface area contributed by atoms with Crippen LogP contribution in [0.3, 0.4) is 0 Å². The molecule has 1 aromatic heterocycles. The van der Waals surface area contributed by atoms with Crippen molar-refractivity contribution in [1.29, 1.82) is 0 Å². The first-order valence-electron chi connectivity index (χ1n) is 10.6. The molecule has 3 rings (SSSR count). The van der Waals surface area contributed by atoms with E-state index in [0.717, 1.165) is 42.8 Å². The van der Waals surface area contributed by atoms with Crippen molar-refractivity contribution in [3.8, 4) is 0 Å². The standard InChI is InChI=1S/C22H24ClF3N4O3S/c1-30-10-7-13-2-3-15(12-14(13)8-11-30)28-19(31)16(6-9-27-21(33)22(24,25)26)29-20(32)17-4-5-18(23)34-17/h2-5,12,16H,6-11H2,1H3,(H,27,33)(H,28,31)(H,29,32)/t16-/m1/s1. The number of nitrogens with zero attached hydrogens (tertiary/aromatic N) is 1. The lowest BCUT2D eigenvalue weighted by Gasteiger charge is -2.19. The van der Waals surface area contributed by atoms with E-state index in [9.17, 15) is 27.6 Å². The Morgan fingerprint density at radius 2 is 1.82 bits per heavy atom. The van der Waals surface area contributed by atoms with Crippen LogP contribution in [0.1, 0.15) is 27.2 Å². The van der Waals surface area contributed by atoms with Crippen LogP contribution in [-0.4, -0.2) is 61.5 Å². The largest absolute Gasteiger partial charge is 0.471 e. The molecule has 7 nitrogen and oxygen atoms in total. The van der Waals surface area contributed by atoms with E-state index in [2.05, 4.69) is 15.5 Å². The van der Waals surface area contributed by atoms with E-state index in [1.54, 1.807) is 11.4 Å². The molecule has 12 heteroatoms. The van der Waals surface area contributed by atoms with Crippen molar-refractivity contribution in [2.45, 2.75) is 31.5 Å². The van der Waals surface area contributed by atoms with Crippen molar-refractivity contribution in [3.63, 3.8) is 0 Å². The molecular formula is C22H24ClF3N4O3S. The van der Waals surface area contributed by atoms with E-state index in [1.807, 2.05) is 19.2 Å². The highest BCUT2D eigenvalue weighted by molar-refractivity contribution is 7.18. The average Bonchev–Trinajstić information content (AvgIpc) is 3.12. The normalized spacial score (nSPS) is 15.1. The number of hydrogen-bond acceptors (Lipinski definition) is 5. The van der Waals surface area contributed by atoms with Crippen molar-refractivity contribution in [1.82, 2.24) is 15.5 Å². The minimum Gasteiger partial charge on any atom is -0.348 e. The number of alkyl halides is 3. The summed E-state index contributed by atoms with van der Waals surface area (Å²) >= 11 is 6.86. The van der Waals surface area contributed by atoms with E-state index in [4.69, 9.17) is 11.6 Å². The number of anilines is 1. The summed E-state index contributed by atoms with van der Waals surface area (Å²) < 4.78 is 37.8. The SMILES string of the molecule is CN1CCc2ccc(NC(=O)[C@@H](CCNC(=O)C(F)(F)F)NC(=O)c3ccc(Cl)s3)cc2CC1. The summed E-state index contributed by atoms with van der Waals surface area (Å²) in [6, 6.07) is 7.38. The van der Waals surface area contributed by atoms with E-state index >= 15 is 0 Å². The highest BCUT2D eigenvalue weighted by atomic mass is 35.5. The number of fused-ring (bicyclic) bond motifs is 1. The van der Waals surface area contributed by atoms with Gasteiger partial charge in [-0.25, -0.2) is 0 Å². The molecule has 0 bridgehead atoms. The predicted molar refractivity (Wildman–Crippen MR) is 124 cm³/mol. The minimum absolute atomic E-state index is 0.242. The monoisotopic (exact) mass is 516 g/mol. The van der Waals surface area contributed by atoms with Crippen molar-refractivity contribution in [2.75, 3.05) is 32.0 Å². The summed E-state index contributed by atoms with van der Waals surface area (Å²) in [5.41, 5.74) is 2.82. The zero-order valence-corrected chi connectivity index (χ0v) is 19.9. The number of thiophene rings is 1. The van der Waals surface area contributed by atoms with Gasteiger partial charge in [0.05, 0.1) is 9.21 Å². The van der Waals surface area contributed by atoms with Gasteiger partial charge in [0, 0.05) is 25.3 Å². The number of rotatable bonds is 7. The smallest absolute Gasteiger partial charge is 0.348 e. The fourth-order valence-electron chi connectivity index (χ4n) is 3.51. The predicted octanol–water partition coefficient (Wildman–Crippen LogP) is 3.24. The van der Waals surface area contributed by atoms with Gasteiger partial charge < -0.3 is 20.9 Å². The van der Waals surface area contributed by atoms with Gasteiger partial charge in [0.25, 0.3) is 5.91 Å². The van der Waals surface area contributed by atoms with Crippen LogP contribution in [-0.2, 0) is 22.4 Å². The Hall–Kier alpha value is -2.63. The van der Waals surface area contributed by atoms with Crippen LogP contribution >= 0.6 is 22.9 Å². The van der Waals surface area contributed by atoms with Gasteiger partial charge in [-0.15, -0.1) is 11.3 Å². The second kappa shape index (κ2) is 11.2. The Labute approximate surface area is 203 Å². The Morgan fingerprint density at radius 1 is 1.12 bits per heavy atom. The maximum atomic E-state index is 13.0. The fraction of sp³-hybridized carbons (Fsp3) is 0.409. The lowest BCUT2D eigenvalue weighted by atomic mass is 10.0. The maximum Gasteiger partial charge on any atom is 0.471 e. The van der Waals surface area contributed by atoms with Crippen LogP contribution in [0.25, 0.3) is 0 Å². The van der Waals surface area contributed by atoms with E-state index in [0.29, 0.717) is 10.0 Å². The van der Waals surface area contributed by atoms with Gasteiger partial charge in [0.2, 0.25) is 5.91 Å². The zero-order valence-electron chi connectivity index (χ0n) is 18.3. The van der Waals surface area contributed by atoms with Crippen LogP contribution in [0, 0.1) is 0 Å². The molecule has 1 aliphatic heterocycles. The van der Waals surface area contributed by atoms with E-state index in [-0.39, 0.29) is 11.3 Å². The van der Waals surface area contributed by atoms with Gasteiger partial charge in [-0.05, 0) is 61.7 Å². The number of hydrogen-bond donors (Lipinski definition) is 3. The first kappa shape index (κ1) is 26.0. The molecule has 0 fully saturated rings. The molecule has 184 valence electrons. The molecular weight excluding hydrogens is 493 g/mol. The summed E-state index contributed by atoms with van der Waals surface area (Å²) in [4.78, 5) is 39.0. The van der Waals surface area contributed by atoms with Gasteiger partial charge in [-0.3, -0.25) is 14.4 Å². The first-order valence-corrected chi connectivity index (χ1v) is 11.7. The summed E-state index contributed by atoms with van der Waals surface area (Å²) in [6.07, 6.45) is -3.57. The highest BCUT2D eigenvalue weighted by Crippen LogP contribution is 2.22. The highest BCUT2D eigenvalue weighted by Gasteiger charge is 2.38. The number of likely N-dealkylation sites (N-methyl/N-ethyl adjacent to an activating group) is 1. The number of amides is 3. The van der Waals surface area contributed by atoms with Crippen LogP contribution in [0.4, 0.5) is 18.9 Å². The molecule has 0 radical (unpaired) electrons. The topological polar surface area (TPSA) is 90.5 Å². The molecule has 0 unspecified atom stereocenters. The van der Waals surface area contributed by atoms with Crippen LogP contribution in [0.15, 0.2) is 30.3 Å². The first-order chi connectivity index (χ1) is 16.0. The molecule has 1 aliphatic rings. The van der Waals surface area contributed by atoms with Crippen molar-refractivity contribution >= 4 is 46.3 Å². The summed E-state index contributed by atoms with van der Waals surface area (Å²) in [6.45, 7) is 1.35. The van der Waals surface area contributed by atoms with Crippen molar-refractivity contribution < 1.29 is 27.6 Å². The van der Waals surface area contributed by atoms with Crippen LogP contribution in [0.2, 0.25) is 4.34 Å². The molecule has 1 aromatic carbocycles. The van der Waals surface area contributed by atoms with Gasteiger partial charge in [0.1, 0.15) is 6.04 Å². The molecule has 0 saturated carbocycles. The Balaban J connectivity index is 1.70. The maximum absolute atomic E-state index is 13.0. The number of benzene rings is 1. The van der Waals surface area contributed by atoms with E-state index < -0.39 is 36.5 Å². The molecule has 3 N–H and O–H groups in total. The number of halogens is 4. The minimum atomic E-state index is -5.04. The molecule has 1 atom stereocenters. The Kier molecular flexibility index (Phi) is 8.56. The summed E-state index contributed by atoms with van der Waals surface area (Å²) in [5.74, 6) is -3.31. The molecule has 34 heavy (non-hydrogen) atoms.